The Balaban J connectivity index is 3.70. The number of amides is 1. The summed E-state index contributed by atoms with van der Waals surface area (Å²) in [5.41, 5.74) is -0.0430. The minimum atomic E-state index is -1.10. The molecule has 0 heterocycles. The van der Waals surface area contributed by atoms with E-state index < -0.39 is 5.97 Å². The lowest BCUT2D eigenvalue weighted by Crippen LogP contribution is -2.26. The number of carbonyl (C=O) groups is 2. The van der Waals surface area contributed by atoms with Crippen molar-refractivity contribution < 1.29 is 14.7 Å². The smallest absolute Gasteiger partial charge is 0.352 e. The lowest BCUT2D eigenvalue weighted by Gasteiger charge is -2.04. The predicted octanol–water partition coefficient (Wildman–Crippen LogP) is 2.45. The van der Waals surface area contributed by atoms with Crippen molar-refractivity contribution in [1.82, 2.24) is 5.32 Å². The number of hydrogen-bond acceptors (Lipinski definition) is 2. The Labute approximate surface area is 96.7 Å². The Morgan fingerprint density at radius 3 is 2.31 bits per heavy atom. The van der Waals surface area contributed by atoms with Crippen LogP contribution in [0.3, 0.4) is 0 Å². The maximum atomic E-state index is 11.3. The third-order valence-corrected chi connectivity index (χ3v) is 2.30. The molecule has 0 rings (SSSR count). The first-order valence-corrected chi connectivity index (χ1v) is 5.81. The molecule has 2 N–H and O–H groups in total. The van der Waals surface area contributed by atoms with Crippen molar-refractivity contribution in [3.63, 3.8) is 0 Å². The summed E-state index contributed by atoms with van der Waals surface area (Å²) in [5.74, 6) is -1.31. The minimum Gasteiger partial charge on any atom is -0.477 e. The molecule has 1 amide bonds. The average Bonchev–Trinajstić information content (AvgIpc) is 2.25. The van der Waals surface area contributed by atoms with Gasteiger partial charge < -0.3 is 10.4 Å². The van der Waals surface area contributed by atoms with E-state index in [2.05, 4.69) is 12.2 Å². The number of hydrogen-bond donors (Lipinski definition) is 2. The summed E-state index contributed by atoms with van der Waals surface area (Å²) in [5, 5.41) is 11.1. The molecule has 0 unspecified atom stereocenters. The van der Waals surface area contributed by atoms with Crippen molar-refractivity contribution in [1.29, 1.82) is 0 Å². The SMILES string of the molecule is C/C=C(/NC(=O)CCCCCCC)C(=O)O. The summed E-state index contributed by atoms with van der Waals surface area (Å²) in [6.07, 6.45) is 7.14. The Hall–Kier alpha value is -1.32. The maximum Gasteiger partial charge on any atom is 0.352 e. The van der Waals surface area contributed by atoms with Gasteiger partial charge >= 0.3 is 5.97 Å². The van der Waals surface area contributed by atoms with E-state index in [1.165, 1.54) is 18.9 Å². The van der Waals surface area contributed by atoms with E-state index in [0.29, 0.717) is 6.42 Å². The molecule has 0 radical (unpaired) electrons. The van der Waals surface area contributed by atoms with Crippen LogP contribution in [0, 0.1) is 0 Å². The van der Waals surface area contributed by atoms with Crippen LogP contribution in [0.4, 0.5) is 0 Å². The van der Waals surface area contributed by atoms with E-state index in [1.54, 1.807) is 6.92 Å². The highest BCUT2D eigenvalue weighted by Crippen LogP contribution is 2.05. The standard InChI is InChI=1S/C12H21NO3/c1-3-5-6-7-8-9-11(14)13-10(4-2)12(15)16/h4H,3,5-9H2,1-2H3,(H,13,14)(H,15,16)/b10-4+. The quantitative estimate of drug-likeness (QED) is 0.494. The summed E-state index contributed by atoms with van der Waals surface area (Å²) < 4.78 is 0. The average molecular weight is 227 g/mol. The van der Waals surface area contributed by atoms with E-state index in [9.17, 15) is 9.59 Å². The molecule has 0 atom stereocenters. The van der Waals surface area contributed by atoms with Crippen molar-refractivity contribution in [2.45, 2.75) is 52.4 Å². The van der Waals surface area contributed by atoms with Gasteiger partial charge in [-0.1, -0.05) is 38.7 Å². The van der Waals surface area contributed by atoms with Crippen LogP contribution >= 0.6 is 0 Å². The van der Waals surface area contributed by atoms with E-state index in [0.717, 1.165) is 19.3 Å². The fourth-order valence-electron chi connectivity index (χ4n) is 1.35. The molecule has 0 aromatic heterocycles. The van der Waals surface area contributed by atoms with Gasteiger partial charge in [-0.15, -0.1) is 0 Å². The predicted molar refractivity (Wildman–Crippen MR) is 62.9 cm³/mol. The highest BCUT2D eigenvalue weighted by molar-refractivity contribution is 5.92. The molecule has 4 heteroatoms. The van der Waals surface area contributed by atoms with Crippen LogP contribution in [0.25, 0.3) is 0 Å². The van der Waals surface area contributed by atoms with Gasteiger partial charge in [-0.05, 0) is 13.3 Å². The molecule has 0 aromatic carbocycles. The zero-order valence-corrected chi connectivity index (χ0v) is 10.1. The first-order valence-electron chi connectivity index (χ1n) is 5.81. The molecule has 0 fully saturated rings. The molecule has 0 saturated heterocycles. The van der Waals surface area contributed by atoms with Gasteiger partial charge in [0.05, 0.1) is 0 Å². The van der Waals surface area contributed by atoms with Gasteiger partial charge in [-0.25, -0.2) is 4.79 Å². The molecule has 0 saturated carbocycles. The van der Waals surface area contributed by atoms with Gasteiger partial charge in [-0.3, -0.25) is 4.79 Å². The molecular formula is C12H21NO3. The van der Waals surface area contributed by atoms with E-state index in [1.807, 2.05) is 0 Å². The Morgan fingerprint density at radius 1 is 1.19 bits per heavy atom. The van der Waals surface area contributed by atoms with Crippen molar-refractivity contribution in [3.8, 4) is 0 Å². The van der Waals surface area contributed by atoms with Crippen LogP contribution in [0.15, 0.2) is 11.8 Å². The van der Waals surface area contributed by atoms with E-state index >= 15 is 0 Å². The number of unbranched alkanes of at least 4 members (excludes halogenated alkanes) is 4. The molecule has 92 valence electrons. The number of carbonyl (C=O) groups excluding carboxylic acids is 1. The molecule has 0 aromatic rings. The number of rotatable bonds is 8. The molecule has 0 aliphatic rings. The second-order valence-corrected chi connectivity index (χ2v) is 3.72. The van der Waals surface area contributed by atoms with Crippen molar-refractivity contribution in [3.05, 3.63) is 11.8 Å². The van der Waals surface area contributed by atoms with Crippen LogP contribution in [0.2, 0.25) is 0 Å². The Kier molecular flexibility index (Phi) is 8.21. The molecule has 4 nitrogen and oxygen atoms in total. The summed E-state index contributed by atoms with van der Waals surface area (Å²) in [6, 6.07) is 0. The topological polar surface area (TPSA) is 66.4 Å². The number of nitrogens with one attached hydrogen (secondary N) is 1. The summed E-state index contributed by atoms with van der Waals surface area (Å²) in [7, 11) is 0. The Morgan fingerprint density at radius 2 is 1.81 bits per heavy atom. The summed E-state index contributed by atoms with van der Waals surface area (Å²) in [4.78, 5) is 21.9. The number of carboxylic acids is 1. The first-order chi connectivity index (χ1) is 7.61. The zero-order valence-electron chi connectivity index (χ0n) is 10.1. The molecule has 0 spiro atoms. The highest BCUT2D eigenvalue weighted by Gasteiger charge is 2.09. The Bertz CT molecular complexity index is 259. The number of carboxylic acid groups (broad SMARTS) is 1. The van der Waals surface area contributed by atoms with Gasteiger partial charge in [0.25, 0.3) is 0 Å². The minimum absolute atomic E-state index is 0.0430. The van der Waals surface area contributed by atoms with Crippen LogP contribution in [0.5, 0.6) is 0 Å². The third kappa shape index (κ3) is 7.04. The largest absolute Gasteiger partial charge is 0.477 e. The molecule has 0 bridgehead atoms. The second-order valence-electron chi connectivity index (χ2n) is 3.72. The third-order valence-electron chi connectivity index (χ3n) is 2.30. The van der Waals surface area contributed by atoms with Crippen molar-refractivity contribution >= 4 is 11.9 Å². The normalized spacial score (nSPS) is 11.2. The zero-order chi connectivity index (χ0) is 12.4. The van der Waals surface area contributed by atoms with Crippen LogP contribution in [-0.4, -0.2) is 17.0 Å². The van der Waals surface area contributed by atoms with Crippen molar-refractivity contribution in [2.75, 3.05) is 0 Å². The van der Waals surface area contributed by atoms with Crippen molar-refractivity contribution in [2.24, 2.45) is 0 Å². The first kappa shape index (κ1) is 14.7. The van der Waals surface area contributed by atoms with Crippen LogP contribution in [0.1, 0.15) is 52.4 Å². The van der Waals surface area contributed by atoms with E-state index in [-0.39, 0.29) is 11.6 Å². The lowest BCUT2D eigenvalue weighted by atomic mass is 10.1. The van der Waals surface area contributed by atoms with Crippen LogP contribution < -0.4 is 5.32 Å². The summed E-state index contributed by atoms with van der Waals surface area (Å²) in [6.45, 7) is 3.73. The van der Waals surface area contributed by atoms with Gasteiger partial charge in [0.1, 0.15) is 5.70 Å². The second kappa shape index (κ2) is 8.95. The van der Waals surface area contributed by atoms with Gasteiger partial charge in [0.2, 0.25) is 5.91 Å². The van der Waals surface area contributed by atoms with Gasteiger partial charge in [0.15, 0.2) is 0 Å². The van der Waals surface area contributed by atoms with Crippen LogP contribution in [-0.2, 0) is 9.59 Å². The number of aliphatic carboxylic acids is 1. The molecule has 0 aliphatic carbocycles. The molecule has 0 aliphatic heterocycles. The maximum absolute atomic E-state index is 11.3. The fourth-order valence-corrected chi connectivity index (χ4v) is 1.35. The lowest BCUT2D eigenvalue weighted by molar-refractivity contribution is -0.134. The summed E-state index contributed by atoms with van der Waals surface area (Å²) >= 11 is 0. The molecule has 16 heavy (non-hydrogen) atoms. The highest BCUT2D eigenvalue weighted by atomic mass is 16.4. The van der Waals surface area contributed by atoms with Gasteiger partial charge in [0, 0.05) is 6.42 Å². The van der Waals surface area contributed by atoms with Gasteiger partial charge in [-0.2, -0.15) is 0 Å². The number of allylic oxidation sites excluding steroid dienone is 1. The molecular weight excluding hydrogens is 206 g/mol. The fraction of sp³-hybridized carbons (Fsp3) is 0.667. The monoisotopic (exact) mass is 227 g/mol. The van der Waals surface area contributed by atoms with E-state index in [4.69, 9.17) is 5.11 Å².